The van der Waals surface area contributed by atoms with E-state index in [1.165, 1.54) is 16.9 Å². The monoisotopic (exact) mass is 305 g/mol. The highest BCUT2D eigenvalue weighted by Crippen LogP contribution is 2.15. The predicted molar refractivity (Wildman–Crippen MR) is 80.4 cm³/mol. The molecule has 0 aliphatic rings. The maximum Gasteiger partial charge on any atom is 0.246 e. The van der Waals surface area contributed by atoms with Crippen LogP contribution in [0.1, 0.15) is 33.2 Å². The van der Waals surface area contributed by atoms with Crippen LogP contribution in [0.4, 0.5) is 4.39 Å². The molecule has 0 aliphatic heterocycles. The first-order valence-corrected chi connectivity index (χ1v) is 7.30. The number of benzene rings is 1. The van der Waals surface area contributed by atoms with E-state index >= 15 is 0 Å². The Morgan fingerprint density at radius 2 is 2.14 bits per heavy atom. The van der Waals surface area contributed by atoms with Gasteiger partial charge in [-0.1, -0.05) is 26.0 Å². The van der Waals surface area contributed by atoms with Crippen LogP contribution < -0.4 is 5.32 Å². The fraction of sp³-hybridized carbons (Fsp3) is 0.467. The zero-order valence-corrected chi connectivity index (χ0v) is 13.0. The second-order valence-electron chi connectivity index (χ2n) is 5.59. The van der Waals surface area contributed by atoms with Crippen molar-refractivity contribution < 1.29 is 9.18 Å². The first-order valence-electron chi connectivity index (χ1n) is 7.30. The van der Waals surface area contributed by atoms with Gasteiger partial charge in [0.05, 0.1) is 0 Å². The van der Waals surface area contributed by atoms with Gasteiger partial charge in [0.1, 0.15) is 11.9 Å². The Hall–Kier alpha value is -2.31. The number of tetrazole rings is 1. The average Bonchev–Trinajstić information content (AvgIpc) is 2.95. The van der Waals surface area contributed by atoms with E-state index < -0.39 is 6.04 Å². The van der Waals surface area contributed by atoms with Crippen LogP contribution in [0.3, 0.4) is 0 Å². The van der Waals surface area contributed by atoms with Crippen LogP contribution in [-0.2, 0) is 4.79 Å². The second-order valence-corrected chi connectivity index (χ2v) is 5.59. The topological polar surface area (TPSA) is 72.7 Å². The minimum atomic E-state index is -0.568. The van der Waals surface area contributed by atoms with E-state index in [0.717, 1.165) is 6.42 Å². The Balaban J connectivity index is 2.02. The molecule has 1 N–H and O–H groups in total. The number of rotatable bonds is 6. The lowest BCUT2D eigenvalue weighted by Crippen LogP contribution is -2.33. The van der Waals surface area contributed by atoms with Crippen LogP contribution in [0.25, 0.3) is 11.4 Å². The highest BCUT2D eigenvalue weighted by atomic mass is 19.1. The number of halogens is 1. The van der Waals surface area contributed by atoms with Crippen LogP contribution >= 0.6 is 0 Å². The fourth-order valence-corrected chi connectivity index (χ4v) is 1.87. The zero-order valence-electron chi connectivity index (χ0n) is 13.0. The van der Waals surface area contributed by atoms with Crippen molar-refractivity contribution in [1.29, 1.82) is 0 Å². The van der Waals surface area contributed by atoms with Gasteiger partial charge in [-0.05, 0) is 36.6 Å². The molecular weight excluding hydrogens is 285 g/mol. The number of nitrogens with one attached hydrogen (secondary N) is 1. The minimum absolute atomic E-state index is 0.163. The summed E-state index contributed by atoms with van der Waals surface area (Å²) in [5.74, 6) is 0.290. The number of hydrogen-bond donors (Lipinski definition) is 1. The molecule has 0 aliphatic carbocycles. The van der Waals surface area contributed by atoms with Crippen molar-refractivity contribution in [2.75, 3.05) is 6.54 Å². The summed E-state index contributed by atoms with van der Waals surface area (Å²) in [4.78, 5) is 13.3. The van der Waals surface area contributed by atoms with Crippen molar-refractivity contribution in [3.63, 3.8) is 0 Å². The van der Waals surface area contributed by atoms with Crippen molar-refractivity contribution in [1.82, 2.24) is 25.5 Å². The van der Waals surface area contributed by atoms with Crippen LogP contribution in [0.5, 0.6) is 0 Å². The van der Waals surface area contributed by atoms with E-state index in [1.807, 2.05) is 0 Å². The molecule has 2 rings (SSSR count). The van der Waals surface area contributed by atoms with Gasteiger partial charge in [-0.15, -0.1) is 10.2 Å². The lowest BCUT2D eigenvalue weighted by Gasteiger charge is -2.11. The van der Waals surface area contributed by atoms with Crippen molar-refractivity contribution in [2.45, 2.75) is 33.2 Å². The van der Waals surface area contributed by atoms with Crippen molar-refractivity contribution in [3.8, 4) is 11.4 Å². The third kappa shape index (κ3) is 4.09. The highest BCUT2D eigenvalue weighted by Gasteiger charge is 2.18. The summed E-state index contributed by atoms with van der Waals surface area (Å²) in [7, 11) is 0. The van der Waals surface area contributed by atoms with E-state index in [1.54, 1.807) is 19.1 Å². The summed E-state index contributed by atoms with van der Waals surface area (Å²) in [6, 6.07) is 5.38. The van der Waals surface area contributed by atoms with Gasteiger partial charge in [-0.25, -0.2) is 4.39 Å². The molecule has 0 saturated carbocycles. The van der Waals surface area contributed by atoms with Crippen molar-refractivity contribution >= 4 is 5.91 Å². The Morgan fingerprint density at radius 1 is 1.36 bits per heavy atom. The molecule has 0 unspecified atom stereocenters. The van der Waals surface area contributed by atoms with Crippen molar-refractivity contribution in [2.24, 2.45) is 5.92 Å². The summed E-state index contributed by atoms with van der Waals surface area (Å²) < 4.78 is 13.2. The zero-order chi connectivity index (χ0) is 16.1. The molecule has 7 heteroatoms. The van der Waals surface area contributed by atoms with E-state index in [4.69, 9.17) is 0 Å². The molecule has 22 heavy (non-hydrogen) atoms. The van der Waals surface area contributed by atoms with E-state index in [2.05, 4.69) is 34.6 Å². The molecule has 0 bridgehead atoms. The summed E-state index contributed by atoms with van der Waals surface area (Å²) in [5, 5.41) is 14.7. The molecule has 0 radical (unpaired) electrons. The number of nitrogens with zero attached hydrogens (tertiary/aromatic N) is 4. The smallest absolute Gasteiger partial charge is 0.246 e. The number of amides is 1. The summed E-state index contributed by atoms with van der Waals surface area (Å²) in [6.45, 7) is 6.51. The van der Waals surface area contributed by atoms with Gasteiger partial charge in [0.25, 0.3) is 0 Å². The lowest BCUT2D eigenvalue weighted by atomic mass is 10.1. The lowest BCUT2D eigenvalue weighted by molar-refractivity contribution is -0.124. The minimum Gasteiger partial charge on any atom is -0.354 e. The normalized spacial score (nSPS) is 12.4. The molecule has 2 aromatic rings. The molecule has 0 saturated heterocycles. The van der Waals surface area contributed by atoms with Crippen LogP contribution in [-0.4, -0.2) is 32.7 Å². The van der Waals surface area contributed by atoms with Crippen molar-refractivity contribution in [3.05, 3.63) is 30.1 Å². The first-order chi connectivity index (χ1) is 10.5. The third-order valence-electron chi connectivity index (χ3n) is 3.26. The summed E-state index contributed by atoms with van der Waals surface area (Å²) in [5.41, 5.74) is 0.527. The molecule has 1 atom stereocenters. The van der Waals surface area contributed by atoms with E-state index in [9.17, 15) is 9.18 Å². The van der Waals surface area contributed by atoms with Gasteiger partial charge in [0.2, 0.25) is 11.7 Å². The highest BCUT2D eigenvalue weighted by molar-refractivity contribution is 5.79. The summed E-state index contributed by atoms with van der Waals surface area (Å²) in [6.07, 6.45) is 0.914. The Morgan fingerprint density at radius 3 is 2.82 bits per heavy atom. The molecule has 118 valence electrons. The van der Waals surface area contributed by atoms with Gasteiger partial charge in [-0.3, -0.25) is 4.79 Å². The van der Waals surface area contributed by atoms with Gasteiger partial charge in [-0.2, -0.15) is 4.80 Å². The Kier molecular flexibility index (Phi) is 5.19. The molecule has 0 fully saturated rings. The van der Waals surface area contributed by atoms with Crippen LogP contribution in [0, 0.1) is 11.7 Å². The molecule has 1 aromatic carbocycles. The standard InChI is InChI=1S/C15H20FN5O/c1-10(2)7-8-17-15(22)11(3)21-19-14(18-20-21)12-5-4-6-13(16)9-12/h4-6,9-11H,7-8H2,1-3H3,(H,17,22)/t11-/m0/s1. The van der Waals surface area contributed by atoms with Crippen LogP contribution in [0.15, 0.2) is 24.3 Å². The quantitative estimate of drug-likeness (QED) is 0.888. The molecule has 1 heterocycles. The van der Waals surface area contributed by atoms with Gasteiger partial charge in [0, 0.05) is 12.1 Å². The maximum absolute atomic E-state index is 13.2. The Labute approximate surface area is 128 Å². The molecule has 0 spiro atoms. The first kappa shape index (κ1) is 16.1. The number of carbonyl (C=O) groups is 1. The van der Waals surface area contributed by atoms with Gasteiger partial charge in [0.15, 0.2) is 0 Å². The van der Waals surface area contributed by atoms with E-state index in [-0.39, 0.29) is 11.7 Å². The SMILES string of the molecule is CC(C)CCNC(=O)[C@H](C)n1nnc(-c2cccc(F)c2)n1. The van der Waals surface area contributed by atoms with Crippen LogP contribution in [0.2, 0.25) is 0 Å². The molecule has 6 nitrogen and oxygen atoms in total. The maximum atomic E-state index is 13.2. The second kappa shape index (κ2) is 7.11. The molecular formula is C15H20FN5O. The van der Waals surface area contributed by atoms with Gasteiger partial charge >= 0.3 is 0 Å². The molecule has 1 amide bonds. The number of carbonyl (C=O) groups excluding carboxylic acids is 1. The Bertz CT molecular complexity index is 640. The average molecular weight is 305 g/mol. The van der Waals surface area contributed by atoms with E-state index in [0.29, 0.717) is 23.9 Å². The number of aromatic nitrogens is 4. The third-order valence-corrected chi connectivity index (χ3v) is 3.26. The van der Waals surface area contributed by atoms with Gasteiger partial charge < -0.3 is 5.32 Å². The summed E-state index contributed by atoms with van der Waals surface area (Å²) >= 11 is 0. The largest absolute Gasteiger partial charge is 0.354 e. The fourth-order valence-electron chi connectivity index (χ4n) is 1.87. The predicted octanol–water partition coefficient (Wildman–Crippen LogP) is 2.20. The number of hydrogen-bond acceptors (Lipinski definition) is 4. The molecule has 1 aromatic heterocycles.